The highest BCUT2D eigenvalue weighted by molar-refractivity contribution is 5.51. The molecular formula is C19H25NO. The number of ether oxygens (including phenoxy) is 1. The van der Waals surface area contributed by atoms with Crippen LogP contribution in [0.1, 0.15) is 39.4 Å². The smallest absolute Gasteiger partial charge is 0.127 e. The monoisotopic (exact) mass is 283 g/mol. The molecule has 112 valence electrons. The van der Waals surface area contributed by atoms with Gasteiger partial charge >= 0.3 is 0 Å². The second-order valence-electron chi connectivity index (χ2n) is 5.71. The van der Waals surface area contributed by atoms with E-state index in [4.69, 9.17) is 4.74 Å². The SMILES string of the molecule is CNC(c1cc(C)ccc1C)c1ccc(C)c(C)c1OC. The second kappa shape index (κ2) is 6.31. The Balaban J connectivity index is 2.62. The number of hydrogen-bond donors (Lipinski definition) is 1. The summed E-state index contributed by atoms with van der Waals surface area (Å²) in [5.74, 6) is 0.982. The fourth-order valence-corrected chi connectivity index (χ4v) is 2.86. The molecule has 0 spiro atoms. The first-order chi connectivity index (χ1) is 9.99. The Labute approximate surface area is 128 Å². The van der Waals surface area contributed by atoms with Crippen LogP contribution in [0.2, 0.25) is 0 Å². The van der Waals surface area contributed by atoms with Crippen LogP contribution in [0.5, 0.6) is 5.75 Å². The molecule has 1 atom stereocenters. The van der Waals surface area contributed by atoms with Crippen molar-refractivity contribution in [2.45, 2.75) is 33.7 Å². The molecule has 2 rings (SSSR count). The summed E-state index contributed by atoms with van der Waals surface area (Å²) in [6.45, 7) is 8.53. The van der Waals surface area contributed by atoms with Gasteiger partial charge in [0.25, 0.3) is 0 Å². The second-order valence-corrected chi connectivity index (χ2v) is 5.71. The van der Waals surface area contributed by atoms with E-state index in [1.807, 2.05) is 7.05 Å². The van der Waals surface area contributed by atoms with E-state index in [0.29, 0.717) is 0 Å². The summed E-state index contributed by atoms with van der Waals surface area (Å²) >= 11 is 0. The number of nitrogens with one attached hydrogen (secondary N) is 1. The summed E-state index contributed by atoms with van der Waals surface area (Å²) in [5.41, 5.74) is 7.53. The standard InChI is InChI=1S/C19H25NO/c1-12-7-8-14(3)17(11-12)18(20-5)16-10-9-13(2)15(4)19(16)21-6/h7-11,18,20H,1-6H3. The van der Waals surface area contributed by atoms with Crippen molar-refractivity contribution < 1.29 is 4.74 Å². The van der Waals surface area contributed by atoms with Gasteiger partial charge in [0.1, 0.15) is 5.75 Å². The number of rotatable bonds is 4. The molecule has 21 heavy (non-hydrogen) atoms. The molecule has 0 radical (unpaired) electrons. The lowest BCUT2D eigenvalue weighted by molar-refractivity contribution is 0.402. The molecule has 2 aromatic carbocycles. The van der Waals surface area contributed by atoms with Gasteiger partial charge in [-0.3, -0.25) is 0 Å². The predicted molar refractivity (Wildman–Crippen MR) is 89.3 cm³/mol. The van der Waals surface area contributed by atoms with Crippen molar-refractivity contribution in [2.75, 3.05) is 14.2 Å². The van der Waals surface area contributed by atoms with Crippen molar-refractivity contribution in [3.8, 4) is 5.75 Å². The van der Waals surface area contributed by atoms with Crippen molar-refractivity contribution in [3.05, 3.63) is 63.7 Å². The highest BCUT2D eigenvalue weighted by Crippen LogP contribution is 2.35. The van der Waals surface area contributed by atoms with E-state index in [1.54, 1.807) is 7.11 Å². The zero-order chi connectivity index (χ0) is 15.6. The van der Waals surface area contributed by atoms with Crippen LogP contribution in [0.4, 0.5) is 0 Å². The number of aryl methyl sites for hydroxylation is 3. The van der Waals surface area contributed by atoms with E-state index in [1.165, 1.54) is 33.4 Å². The van der Waals surface area contributed by atoms with Gasteiger partial charge in [0.05, 0.1) is 13.2 Å². The van der Waals surface area contributed by atoms with Gasteiger partial charge in [0.2, 0.25) is 0 Å². The highest BCUT2D eigenvalue weighted by atomic mass is 16.5. The van der Waals surface area contributed by atoms with Gasteiger partial charge < -0.3 is 10.1 Å². The zero-order valence-corrected chi connectivity index (χ0v) is 13.9. The van der Waals surface area contributed by atoms with Crippen LogP contribution in [-0.4, -0.2) is 14.2 Å². The Morgan fingerprint density at radius 3 is 2.19 bits per heavy atom. The minimum Gasteiger partial charge on any atom is -0.496 e. The first kappa shape index (κ1) is 15.6. The molecule has 2 nitrogen and oxygen atoms in total. The number of methoxy groups -OCH3 is 1. The van der Waals surface area contributed by atoms with Crippen LogP contribution in [0.25, 0.3) is 0 Å². The molecule has 0 saturated carbocycles. The van der Waals surface area contributed by atoms with E-state index in [9.17, 15) is 0 Å². The fraction of sp³-hybridized carbons (Fsp3) is 0.368. The molecule has 0 aliphatic rings. The molecule has 0 bridgehead atoms. The maximum atomic E-state index is 5.69. The van der Waals surface area contributed by atoms with Crippen LogP contribution >= 0.6 is 0 Å². The lowest BCUT2D eigenvalue weighted by Gasteiger charge is -2.24. The molecule has 0 aliphatic heterocycles. The molecule has 0 aromatic heterocycles. The Morgan fingerprint density at radius 2 is 1.57 bits per heavy atom. The highest BCUT2D eigenvalue weighted by Gasteiger charge is 2.20. The van der Waals surface area contributed by atoms with Crippen molar-refractivity contribution >= 4 is 0 Å². The van der Waals surface area contributed by atoms with E-state index in [2.05, 4.69) is 63.3 Å². The van der Waals surface area contributed by atoms with Gasteiger partial charge in [0, 0.05) is 5.56 Å². The predicted octanol–water partition coefficient (Wildman–Crippen LogP) is 4.24. The molecule has 0 fully saturated rings. The van der Waals surface area contributed by atoms with Gasteiger partial charge in [-0.05, 0) is 57.0 Å². The van der Waals surface area contributed by atoms with Crippen molar-refractivity contribution in [2.24, 2.45) is 0 Å². The third-order valence-electron chi connectivity index (χ3n) is 4.26. The first-order valence-corrected chi connectivity index (χ1v) is 7.38. The Bertz CT molecular complexity index is 646. The Kier molecular flexibility index (Phi) is 4.69. The Morgan fingerprint density at radius 1 is 0.905 bits per heavy atom. The van der Waals surface area contributed by atoms with Crippen LogP contribution < -0.4 is 10.1 Å². The van der Waals surface area contributed by atoms with Gasteiger partial charge in [-0.15, -0.1) is 0 Å². The summed E-state index contributed by atoms with van der Waals surface area (Å²) in [6.07, 6.45) is 0. The van der Waals surface area contributed by atoms with Gasteiger partial charge in [-0.25, -0.2) is 0 Å². The Hall–Kier alpha value is -1.80. The van der Waals surface area contributed by atoms with Gasteiger partial charge in [-0.1, -0.05) is 35.9 Å². The maximum absolute atomic E-state index is 5.69. The zero-order valence-electron chi connectivity index (χ0n) is 13.9. The molecule has 0 saturated heterocycles. The van der Waals surface area contributed by atoms with Crippen LogP contribution in [-0.2, 0) is 0 Å². The van der Waals surface area contributed by atoms with Gasteiger partial charge in [-0.2, -0.15) is 0 Å². The average Bonchev–Trinajstić information content (AvgIpc) is 2.47. The molecule has 2 heteroatoms. The van der Waals surface area contributed by atoms with E-state index >= 15 is 0 Å². The number of hydrogen-bond acceptors (Lipinski definition) is 2. The van der Waals surface area contributed by atoms with Crippen molar-refractivity contribution in [3.63, 3.8) is 0 Å². The normalized spacial score (nSPS) is 12.3. The van der Waals surface area contributed by atoms with Crippen molar-refractivity contribution in [1.82, 2.24) is 5.32 Å². The maximum Gasteiger partial charge on any atom is 0.127 e. The van der Waals surface area contributed by atoms with Crippen LogP contribution in [0.3, 0.4) is 0 Å². The summed E-state index contributed by atoms with van der Waals surface area (Å²) in [6, 6.07) is 11.1. The summed E-state index contributed by atoms with van der Waals surface area (Å²) in [7, 11) is 3.75. The largest absolute Gasteiger partial charge is 0.496 e. The molecule has 1 unspecified atom stereocenters. The minimum absolute atomic E-state index is 0.138. The summed E-state index contributed by atoms with van der Waals surface area (Å²) in [4.78, 5) is 0. The fourth-order valence-electron chi connectivity index (χ4n) is 2.86. The third-order valence-corrected chi connectivity index (χ3v) is 4.26. The lowest BCUT2D eigenvalue weighted by Crippen LogP contribution is -2.20. The van der Waals surface area contributed by atoms with E-state index in [0.717, 1.165) is 5.75 Å². The summed E-state index contributed by atoms with van der Waals surface area (Å²) in [5, 5.41) is 3.44. The van der Waals surface area contributed by atoms with Crippen molar-refractivity contribution in [1.29, 1.82) is 0 Å². The minimum atomic E-state index is 0.138. The molecule has 0 heterocycles. The van der Waals surface area contributed by atoms with Gasteiger partial charge in [0.15, 0.2) is 0 Å². The molecule has 1 N–H and O–H groups in total. The van der Waals surface area contributed by atoms with Crippen LogP contribution in [0.15, 0.2) is 30.3 Å². The van der Waals surface area contributed by atoms with E-state index in [-0.39, 0.29) is 6.04 Å². The van der Waals surface area contributed by atoms with E-state index < -0.39 is 0 Å². The molecule has 0 aliphatic carbocycles. The topological polar surface area (TPSA) is 21.3 Å². The number of benzene rings is 2. The average molecular weight is 283 g/mol. The summed E-state index contributed by atoms with van der Waals surface area (Å²) < 4.78 is 5.69. The van der Waals surface area contributed by atoms with Crippen LogP contribution in [0, 0.1) is 27.7 Å². The third kappa shape index (κ3) is 2.96. The quantitative estimate of drug-likeness (QED) is 0.906. The first-order valence-electron chi connectivity index (χ1n) is 7.38. The molecule has 2 aromatic rings. The lowest BCUT2D eigenvalue weighted by atomic mass is 9.91. The molecule has 0 amide bonds. The molecular weight excluding hydrogens is 258 g/mol.